The Kier molecular flexibility index (Phi) is 6.15. The number of hydrogen-bond donors (Lipinski definition) is 1. The summed E-state index contributed by atoms with van der Waals surface area (Å²) in [6.45, 7) is 3.05. The summed E-state index contributed by atoms with van der Waals surface area (Å²) in [4.78, 5) is 12.2. The minimum absolute atomic E-state index is 0.00386. The summed E-state index contributed by atoms with van der Waals surface area (Å²) in [7, 11) is -1.77. The fourth-order valence-electron chi connectivity index (χ4n) is 2.57. The maximum atomic E-state index is 12.2. The van der Waals surface area contributed by atoms with E-state index < -0.39 is 10.0 Å². The van der Waals surface area contributed by atoms with Gasteiger partial charge in [-0.2, -0.15) is 0 Å². The van der Waals surface area contributed by atoms with Gasteiger partial charge in [0.2, 0.25) is 10.0 Å². The van der Waals surface area contributed by atoms with Crippen molar-refractivity contribution in [3.8, 4) is 0 Å². The number of ether oxygens (including phenoxy) is 1. The first-order valence-corrected chi connectivity index (χ1v) is 9.37. The first-order valence-electron chi connectivity index (χ1n) is 7.76. The molecule has 0 atom stereocenters. The third-order valence-corrected chi connectivity index (χ3v) is 5.88. The fraction of sp³-hybridized carbons (Fsp3) is 0.562. The lowest BCUT2D eigenvalue weighted by atomic mass is 10.1. The Hall–Kier alpha value is -1.44. The molecule has 1 aromatic rings. The molecule has 1 saturated heterocycles. The lowest BCUT2D eigenvalue weighted by Gasteiger charge is -2.31. The van der Waals surface area contributed by atoms with Gasteiger partial charge in [-0.05, 0) is 31.9 Å². The van der Waals surface area contributed by atoms with Crippen LogP contribution >= 0.6 is 0 Å². The van der Waals surface area contributed by atoms with Crippen LogP contribution < -0.4 is 5.32 Å². The Morgan fingerprint density at radius 3 is 2.43 bits per heavy atom. The van der Waals surface area contributed by atoms with E-state index in [-0.39, 0.29) is 24.3 Å². The summed E-state index contributed by atoms with van der Waals surface area (Å²) in [5.74, 6) is -0.102. The summed E-state index contributed by atoms with van der Waals surface area (Å²) >= 11 is 0. The SMILES string of the molecule is COCCS(=O)(=O)N1CCC(NC(=O)c2ccc(C)cc2)CC1. The van der Waals surface area contributed by atoms with Crippen LogP contribution in [0.5, 0.6) is 0 Å². The molecular weight excluding hydrogens is 316 g/mol. The molecule has 0 saturated carbocycles. The zero-order valence-corrected chi connectivity index (χ0v) is 14.4. The number of nitrogens with zero attached hydrogens (tertiary/aromatic N) is 1. The van der Waals surface area contributed by atoms with Gasteiger partial charge in [0.1, 0.15) is 0 Å². The zero-order chi connectivity index (χ0) is 16.9. The lowest BCUT2D eigenvalue weighted by molar-refractivity contribution is 0.0924. The number of methoxy groups -OCH3 is 1. The highest BCUT2D eigenvalue weighted by molar-refractivity contribution is 7.89. The van der Waals surface area contributed by atoms with E-state index >= 15 is 0 Å². The molecule has 0 unspecified atom stereocenters. The van der Waals surface area contributed by atoms with E-state index in [4.69, 9.17) is 4.74 Å². The summed E-state index contributed by atoms with van der Waals surface area (Å²) in [6.07, 6.45) is 1.26. The summed E-state index contributed by atoms with van der Waals surface area (Å²) in [5, 5.41) is 2.98. The van der Waals surface area contributed by atoms with Crippen LogP contribution in [0.15, 0.2) is 24.3 Å². The largest absolute Gasteiger partial charge is 0.384 e. The fourth-order valence-corrected chi connectivity index (χ4v) is 3.97. The standard InChI is InChI=1S/C16H24N2O4S/c1-13-3-5-14(6-4-13)16(19)17-15-7-9-18(10-8-15)23(20,21)12-11-22-2/h3-6,15H,7-12H2,1-2H3,(H,17,19). The number of carbonyl (C=O) groups is 1. The highest BCUT2D eigenvalue weighted by Gasteiger charge is 2.28. The summed E-state index contributed by atoms with van der Waals surface area (Å²) in [6, 6.07) is 7.42. The van der Waals surface area contributed by atoms with Crippen molar-refractivity contribution in [3.63, 3.8) is 0 Å². The third-order valence-electron chi connectivity index (χ3n) is 4.04. The van der Waals surface area contributed by atoms with Gasteiger partial charge in [0.05, 0.1) is 12.4 Å². The van der Waals surface area contributed by atoms with Crippen LogP contribution in [0.3, 0.4) is 0 Å². The summed E-state index contributed by atoms with van der Waals surface area (Å²) in [5.41, 5.74) is 1.74. The molecule has 1 amide bonds. The van der Waals surface area contributed by atoms with Crippen molar-refractivity contribution in [3.05, 3.63) is 35.4 Å². The van der Waals surface area contributed by atoms with Crippen molar-refractivity contribution in [1.82, 2.24) is 9.62 Å². The molecule has 2 rings (SSSR count). The molecular formula is C16H24N2O4S. The van der Waals surface area contributed by atoms with Gasteiger partial charge in [0, 0.05) is 31.8 Å². The van der Waals surface area contributed by atoms with Gasteiger partial charge in [0.25, 0.3) is 5.91 Å². The maximum Gasteiger partial charge on any atom is 0.251 e. The van der Waals surface area contributed by atoms with E-state index in [1.807, 2.05) is 19.1 Å². The quantitative estimate of drug-likeness (QED) is 0.843. The molecule has 0 bridgehead atoms. The molecule has 1 heterocycles. The number of hydrogen-bond acceptors (Lipinski definition) is 4. The molecule has 1 N–H and O–H groups in total. The molecule has 1 aliphatic rings. The molecule has 1 aromatic carbocycles. The van der Waals surface area contributed by atoms with Crippen molar-refractivity contribution in [1.29, 1.82) is 0 Å². The van der Waals surface area contributed by atoms with Crippen LogP contribution in [0, 0.1) is 6.92 Å². The van der Waals surface area contributed by atoms with E-state index in [1.165, 1.54) is 11.4 Å². The van der Waals surface area contributed by atoms with E-state index in [1.54, 1.807) is 12.1 Å². The molecule has 0 spiro atoms. The van der Waals surface area contributed by atoms with Gasteiger partial charge >= 0.3 is 0 Å². The van der Waals surface area contributed by atoms with E-state index in [0.29, 0.717) is 31.5 Å². The van der Waals surface area contributed by atoms with Gasteiger partial charge in [-0.25, -0.2) is 12.7 Å². The number of amides is 1. The Balaban J connectivity index is 1.85. The monoisotopic (exact) mass is 340 g/mol. The number of nitrogens with one attached hydrogen (secondary N) is 1. The number of benzene rings is 1. The van der Waals surface area contributed by atoms with Crippen molar-refractivity contribution in [2.75, 3.05) is 32.6 Å². The van der Waals surface area contributed by atoms with Crippen molar-refractivity contribution in [2.24, 2.45) is 0 Å². The zero-order valence-electron chi connectivity index (χ0n) is 13.6. The Labute approximate surface area is 137 Å². The molecule has 0 aliphatic carbocycles. The van der Waals surface area contributed by atoms with Crippen molar-refractivity contribution < 1.29 is 17.9 Å². The number of aryl methyl sites for hydroxylation is 1. The molecule has 0 aromatic heterocycles. The topological polar surface area (TPSA) is 75.7 Å². The lowest BCUT2D eigenvalue weighted by Crippen LogP contribution is -2.47. The number of sulfonamides is 1. The average Bonchev–Trinajstić information content (AvgIpc) is 2.54. The van der Waals surface area contributed by atoms with Crippen LogP contribution in [-0.4, -0.2) is 57.2 Å². The molecule has 1 fully saturated rings. The average molecular weight is 340 g/mol. The number of rotatable bonds is 6. The molecule has 128 valence electrons. The molecule has 0 radical (unpaired) electrons. The van der Waals surface area contributed by atoms with Crippen LogP contribution in [0.4, 0.5) is 0 Å². The Morgan fingerprint density at radius 2 is 1.87 bits per heavy atom. The predicted octanol–water partition coefficient (Wildman–Crippen LogP) is 1.17. The smallest absolute Gasteiger partial charge is 0.251 e. The molecule has 1 aliphatic heterocycles. The van der Waals surface area contributed by atoms with Crippen molar-refractivity contribution in [2.45, 2.75) is 25.8 Å². The number of carbonyl (C=O) groups excluding carboxylic acids is 1. The van der Waals surface area contributed by atoms with Gasteiger partial charge in [-0.1, -0.05) is 17.7 Å². The Morgan fingerprint density at radius 1 is 1.26 bits per heavy atom. The van der Waals surface area contributed by atoms with E-state index in [9.17, 15) is 13.2 Å². The second-order valence-corrected chi connectivity index (χ2v) is 7.91. The van der Waals surface area contributed by atoms with Crippen LogP contribution in [0.25, 0.3) is 0 Å². The van der Waals surface area contributed by atoms with E-state index in [2.05, 4.69) is 5.32 Å². The highest BCUT2D eigenvalue weighted by atomic mass is 32.2. The summed E-state index contributed by atoms with van der Waals surface area (Å²) < 4.78 is 30.5. The Bertz CT molecular complexity index is 620. The highest BCUT2D eigenvalue weighted by Crippen LogP contribution is 2.15. The third kappa shape index (κ3) is 5.02. The van der Waals surface area contributed by atoms with Gasteiger partial charge in [0.15, 0.2) is 0 Å². The normalized spacial score (nSPS) is 17.1. The maximum absolute atomic E-state index is 12.2. The van der Waals surface area contributed by atoms with Gasteiger partial charge < -0.3 is 10.1 Å². The first-order chi connectivity index (χ1) is 10.9. The van der Waals surface area contributed by atoms with Crippen molar-refractivity contribution >= 4 is 15.9 Å². The molecule has 23 heavy (non-hydrogen) atoms. The van der Waals surface area contributed by atoms with Gasteiger partial charge in [-0.15, -0.1) is 0 Å². The molecule has 7 heteroatoms. The molecule has 6 nitrogen and oxygen atoms in total. The minimum atomic E-state index is -3.26. The van der Waals surface area contributed by atoms with Crippen LogP contribution in [0.2, 0.25) is 0 Å². The van der Waals surface area contributed by atoms with Crippen LogP contribution in [0.1, 0.15) is 28.8 Å². The van der Waals surface area contributed by atoms with Crippen LogP contribution in [-0.2, 0) is 14.8 Å². The van der Waals surface area contributed by atoms with E-state index in [0.717, 1.165) is 5.56 Å². The minimum Gasteiger partial charge on any atom is -0.384 e. The first kappa shape index (κ1) is 17.9. The number of piperidine rings is 1. The second-order valence-electron chi connectivity index (χ2n) is 5.82. The van der Waals surface area contributed by atoms with Gasteiger partial charge in [-0.3, -0.25) is 4.79 Å². The predicted molar refractivity (Wildman–Crippen MR) is 88.9 cm³/mol. The second kappa shape index (κ2) is 7.90.